The first-order valence-electron chi connectivity index (χ1n) is 11.7. The summed E-state index contributed by atoms with van der Waals surface area (Å²) < 4.78 is 5.59. The van der Waals surface area contributed by atoms with Gasteiger partial charge in [-0.1, -0.05) is 54.6 Å². The highest BCUT2D eigenvalue weighted by molar-refractivity contribution is 5.87. The van der Waals surface area contributed by atoms with E-state index in [0.717, 1.165) is 22.3 Å². The van der Waals surface area contributed by atoms with Crippen molar-refractivity contribution in [2.45, 2.75) is 44.2 Å². The lowest BCUT2D eigenvalue weighted by Gasteiger charge is -2.38. The van der Waals surface area contributed by atoms with Gasteiger partial charge in [0.05, 0.1) is 5.92 Å². The Morgan fingerprint density at radius 2 is 1.74 bits per heavy atom. The molecule has 0 radical (unpaired) electrons. The summed E-state index contributed by atoms with van der Waals surface area (Å²) in [5, 5.41) is 12.1. The second-order valence-corrected chi connectivity index (χ2v) is 9.00. The summed E-state index contributed by atoms with van der Waals surface area (Å²) in [7, 11) is 0. The number of hydrogen-bond acceptors (Lipinski definition) is 4. The molecule has 2 amide bonds. The Bertz CT molecular complexity index is 1050. The lowest BCUT2D eigenvalue weighted by atomic mass is 9.92. The minimum Gasteiger partial charge on any atom is -0.481 e. The highest BCUT2D eigenvalue weighted by Crippen LogP contribution is 2.44. The highest BCUT2D eigenvalue weighted by Gasteiger charge is 2.36. The van der Waals surface area contributed by atoms with E-state index in [0.29, 0.717) is 12.8 Å². The molecule has 2 aliphatic rings. The summed E-state index contributed by atoms with van der Waals surface area (Å²) in [6, 6.07) is 15.2. The first-order valence-corrected chi connectivity index (χ1v) is 11.7. The number of rotatable bonds is 7. The SMILES string of the molecule is C=CCC(NC(=O)OCC1c2ccccc2-c2ccccc21)C(=O)N1CC(C(=O)O)CCC1C. The molecule has 0 aromatic heterocycles. The summed E-state index contributed by atoms with van der Waals surface area (Å²) in [5.74, 6) is -1.90. The number of aliphatic carboxylic acids is 1. The van der Waals surface area contributed by atoms with Gasteiger partial charge in [0.15, 0.2) is 0 Å². The van der Waals surface area contributed by atoms with Crippen LogP contribution in [-0.2, 0) is 14.3 Å². The van der Waals surface area contributed by atoms with E-state index in [4.69, 9.17) is 4.74 Å². The maximum atomic E-state index is 13.2. The number of carboxylic acids is 1. The molecule has 1 aliphatic heterocycles. The molecule has 4 rings (SSSR count). The predicted octanol–water partition coefficient (Wildman–Crippen LogP) is 4.18. The number of fused-ring (bicyclic) bond motifs is 3. The first kappa shape index (κ1) is 23.5. The van der Waals surface area contributed by atoms with E-state index < -0.39 is 24.0 Å². The van der Waals surface area contributed by atoms with E-state index in [2.05, 4.69) is 24.0 Å². The molecule has 2 N–H and O–H groups in total. The fourth-order valence-electron chi connectivity index (χ4n) is 4.99. The third-order valence-electron chi connectivity index (χ3n) is 6.85. The van der Waals surface area contributed by atoms with Crippen LogP contribution < -0.4 is 5.32 Å². The third-order valence-corrected chi connectivity index (χ3v) is 6.85. The average Bonchev–Trinajstić information content (AvgIpc) is 3.16. The fraction of sp³-hybridized carbons (Fsp3) is 0.370. The van der Waals surface area contributed by atoms with Gasteiger partial charge >= 0.3 is 12.1 Å². The second kappa shape index (κ2) is 10.1. The fourth-order valence-corrected chi connectivity index (χ4v) is 4.99. The molecule has 1 heterocycles. The number of likely N-dealkylation sites (tertiary alicyclic amines) is 1. The van der Waals surface area contributed by atoms with Crippen molar-refractivity contribution in [1.82, 2.24) is 10.2 Å². The van der Waals surface area contributed by atoms with Crippen molar-refractivity contribution < 1.29 is 24.2 Å². The highest BCUT2D eigenvalue weighted by atomic mass is 16.5. The summed E-state index contributed by atoms with van der Waals surface area (Å²) in [5.41, 5.74) is 4.49. The van der Waals surface area contributed by atoms with Crippen molar-refractivity contribution in [3.63, 3.8) is 0 Å². The minimum absolute atomic E-state index is 0.0786. The van der Waals surface area contributed by atoms with Crippen molar-refractivity contribution in [1.29, 1.82) is 0 Å². The zero-order chi connectivity index (χ0) is 24.2. The molecule has 2 aromatic rings. The van der Waals surface area contributed by atoms with Crippen LogP contribution in [0.15, 0.2) is 61.2 Å². The Kier molecular flexibility index (Phi) is 7.01. The summed E-state index contributed by atoms with van der Waals surface area (Å²) in [6.45, 7) is 5.88. The number of piperidine rings is 1. The molecule has 2 aromatic carbocycles. The number of nitrogens with zero attached hydrogens (tertiary/aromatic N) is 1. The Labute approximate surface area is 199 Å². The maximum absolute atomic E-state index is 13.2. The molecular formula is C27H30N2O5. The molecule has 1 aliphatic carbocycles. The number of ether oxygens (including phenoxy) is 1. The minimum atomic E-state index is -0.908. The van der Waals surface area contributed by atoms with Gasteiger partial charge in [0.25, 0.3) is 0 Å². The molecular weight excluding hydrogens is 432 g/mol. The van der Waals surface area contributed by atoms with Crippen LogP contribution in [0.4, 0.5) is 4.79 Å². The number of benzene rings is 2. The molecule has 0 saturated carbocycles. The number of carboxylic acid groups (broad SMARTS) is 1. The quantitative estimate of drug-likeness (QED) is 0.602. The van der Waals surface area contributed by atoms with E-state index in [9.17, 15) is 19.5 Å². The van der Waals surface area contributed by atoms with Gasteiger partial charge in [-0.05, 0) is 48.4 Å². The van der Waals surface area contributed by atoms with Crippen LogP contribution in [-0.4, -0.2) is 53.2 Å². The number of carbonyl (C=O) groups is 3. The Morgan fingerprint density at radius 3 is 2.32 bits per heavy atom. The zero-order valence-corrected chi connectivity index (χ0v) is 19.3. The molecule has 0 spiro atoms. The number of hydrogen-bond donors (Lipinski definition) is 2. The van der Waals surface area contributed by atoms with Crippen LogP contribution >= 0.6 is 0 Å². The van der Waals surface area contributed by atoms with Crippen LogP contribution in [0.5, 0.6) is 0 Å². The predicted molar refractivity (Wildman–Crippen MR) is 128 cm³/mol. The summed E-state index contributed by atoms with van der Waals surface area (Å²) in [4.78, 5) is 38.9. The van der Waals surface area contributed by atoms with Crippen LogP contribution in [0.3, 0.4) is 0 Å². The van der Waals surface area contributed by atoms with Crippen LogP contribution in [0, 0.1) is 5.92 Å². The van der Waals surface area contributed by atoms with Gasteiger partial charge in [0.2, 0.25) is 5.91 Å². The van der Waals surface area contributed by atoms with Gasteiger partial charge in [-0.15, -0.1) is 6.58 Å². The van der Waals surface area contributed by atoms with Gasteiger partial charge in [0.1, 0.15) is 12.6 Å². The average molecular weight is 463 g/mol. The molecule has 0 bridgehead atoms. The second-order valence-electron chi connectivity index (χ2n) is 9.00. The van der Waals surface area contributed by atoms with Crippen molar-refractivity contribution in [2.75, 3.05) is 13.2 Å². The van der Waals surface area contributed by atoms with Gasteiger partial charge in [-0.3, -0.25) is 9.59 Å². The molecule has 3 unspecified atom stereocenters. The monoisotopic (exact) mass is 462 g/mol. The largest absolute Gasteiger partial charge is 0.481 e. The van der Waals surface area contributed by atoms with Crippen molar-refractivity contribution in [2.24, 2.45) is 5.92 Å². The standard InChI is InChI=1S/C27H30N2O5/c1-3-8-24(25(30)29-15-18(26(31)32)14-13-17(29)2)28-27(33)34-16-23-21-11-6-4-9-19(21)20-10-5-7-12-22(20)23/h3-7,9-12,17-18,23-24H,1,8,13-16H2,2H3,(H,28,33)(H,31,32). The Hall–Kier alpha value is -3.61. The maximum Gasteiger partial charge on any atom is 0.407 e. The molecule has 1 fully saturated rings. The normalized spacial score (nSPS) is 20.1. The number of alkyl carbamates (subject to hydrolysis) is 1. The van der Waals surface area contributed by atoms with E-state index in [-0.39, 0.29) is 37.4 Å². The van der Waals surface area contributed by atoms with Crippen LogP contribution in [0.1, 0.15) is 43.2 Å². The smallest absolute Gasteiger partial charge is 0.407 e. The van der Waals surface area contributed by atoms with Crippen LogP contribution in [0.2, 0.25) is 0 Å². The third kappa shape index (κ3) is 4.69. The molecule has 1 saturated heterocycles. The lowest BCUT2D eigenvalue weighted by molar-refractivity contribution is -0.147. The number of nitrogens with one attached hydrogen (secondary N) is 1. The van der Waals surface area contributed by atoms with Gasteiger partial charge in [-0.2, -0.15) is 0 Å². The van der Waals surface area contributed by atoms with Gasteiger partial charge < -0.3 is 20.1 Å². The molecule has 3 atom stereocenters. The van der Waals surface area contributed by atoms with Crippen molar-refractivity contribution in [3.05, 3.63) is 72.3 Å². The summed E-state index contributed by atoms with van der Waals surface area (Å²) in [6.07, 6.45) is 2.25. The zero-order valence-electron chi connectivity index (χ0n) is 19.3. The Balaban J connectivity index is 1.42. The lowest BCUT2D eigenvalue weighted by Crippen LogP contribution is -2.55. The van der Waals surface area contributed by atoms with E-state index in [1.54, 1.807) is 11.0 Å². The molecule has 178 valence electrons. The number of carbonyl (C=O) groups excluding carboxylic acids is 2. The Morgan fingerprint density at radius 1 is 1.12 bits per heavy atom. The van der Waals surface area contributed by atoms with Crippen LogP contribution in [0.25, 0.3) is 11.1 Å². The molecule has 7 heteroatoms. The summed E-state index contributed by atoms with van der Waals surface area (Å²) >= 11 is 0. The first-order chi connectivity index (χ1) is 16.4. The number of amides is 2. The van der Waals surface area contributed by atoms with Gasteiger partial charge in [-0.25, -0.2) is 4.79 Å². The molecule has 34 heavy (non-hydrogen) atoms. The van der Waals surface area contributed by atoms with E-state index in [1.165, 1.54) is 0 Å². The van der Waals surface area contributed by atoms with E-state index >= 15 is 0 Å². The van der Waals surface area contributed by atoms with Gasteiger partial charge in [0, 0.05) is 18.5 Å². The van der Waals surface area contributed by atoms with Crippen molar-refractivity contribution in [3.8, 4) is 11.1 Å². The van der Waals surface area contributed by atoms with Crippen molar-refractivity contribution >= 4 is 18.0 Å². The molecule has 7 nitrogen and oxygen atoms in total. The van der Waals surface area contributed by atoms with E-state index in [1.807, 2.05) is 43.3 Å². The topological polar surface area (TPSA) is 95.9 Å².